The average Bonchev–Trinajstić information content (AvgIpc) is 2.30. The number of fused-ring (bicyclic) bond motifs is 1. The van der Waals surface area contributed by atoms with Gasteiger partial charge in [0.25, 0.3) is 0 Å². The number of hydrogen-bond acceptors (Lipinski definition) is 6. The van der Waals surface area contributed by atoms with Gasteiger partial charge in [0, 0.05) is 0 Å². The van der Waals surface area contributed by atoms with Crippen LogP contribution >= 0.6 is 0 Å². The molecule has 1 aromatic carbocycles. The Morgan fingerprint density at radius 2 is 2.19 bits per heavy atom. The number of halogens is 1. The molecule has 81 valence electrons. The molecule has 0 spiro atoms. The molecule has 0 unspecified atom stereocenters. The number of anilines is 2. The molecule has 0 saturated heterocycles. The molecule has 0 aliphatic carbocycles. The van der Waals surface area contributed by atoms with Gasteiger partial charge in [0.05, 0.1) is 0 Å². The second kappa shape index (κ2) is 5.01. The minimum absolute atomic E-state index is 0.536. The van der Waals surface area contributed by atoms with Crippen molar-refractivity contribution in [2.24, 2.45) is 3.95 Å². The van der Waals surface area contributed by atoms with Crippen molar-refractivity contribution in [1.29, 1.82) is 0 Å². The van der Waals surface area contributed by atoms with Crippen molar-refractivity contribution in [1.82, 2.24) is 9.97 Å². The van der Waals surface area contributed by atoms with Gasteiger partial charge in [0.15, 0.2) is 0 Å². The van der Waals surface area contributed by atoms with Gasteiger partial charge in [0.2, 0.25) is 0 Å². The first-order valence-electron chi connectivity index (χ1n) is 4.27. The molecule has 16 heavy (non-hydrogen) atoms. The van der Waals surface area contributed by atoms with Gasteiger partial charge in [-0.15, -0.1) is 0 Å². The summed E-state index contributed by atoms with van der Waals surface area (Å²) < 4.78 is 13.6. The third kappa shape index (κ3) is 2.15. The summed E-state index contributed by atoms with van der Waals surface area (Å²) >= 11 is 1.59. The normalized spacial score (nSPS) is 10.5. The van der Waals surface area contributed by atoms with E-state index in [1.54, 1.807) is 12.1 Å². The molecule has 1 aromatic heterocycles. The summed E-state index contributed by atoms with van der Waals surface area (Å²) in [6, 6.07) is 3.54. The summed E-state index contributed by atoms with van der Waals surface area (Å²) in [4.78, 5) is 8.23. The third-order valence-corrected chi connectivity index (χ3v) is 3.03. The van der Waals surface area contributed by atoms with Gasteiger partial charge in [-0.25, -0.2) is 0 Å². The first kappa shape index (κ1) is 11.7. The number of hydrogen-bond donors (Lipinski definition) is 3. The maximum atomic E-state index is 5.84. The van der Waals surface area contributed by atoms with Gasteiger partial charge in [-0.3, -0.25) is 0 Å². The molecule has 0 atom stereocenters. The second-order valence-corrected chi connectivity index (χ2v) is 4.18. The molecule has 5 N–H and O–H groups in total. The predicted molar refractivity (Wildman–Crippen MR) is 58.1 cm³/mol. The summed E-state index contributed by atoms with van der Waals surface area (Å²) in [5, 5.41) is 0.845. The van der Waals surface area contributed by atoms with Crippen LogP contribution in [0.25, 0.3) is 10.9 Å². The molecule has 8 heteroatoms. The van der Waals surface area contributed by atoms with E-state index in [4.69, 9.17) is 12.7 Å². The van der Waals surface area contributed by atoms with Gasteiger partial charge in [-0.1, -0.05) is 0 Å². The van der Waals surface area contributed by atoms with E-state index >= 15 is 0 Å². The SMILES string of the molecule is N[I-]Oc1cc2ncnc([NH][Al+])c2cc1N. The van der Waals surface area contributed by atoms with Gasteiger partial charge in [-0.05, 0) is 0 Å². The monoisotopic (exact) mass is 344 g/mol. The Hall–Kier alpha value is -0.818. The fourth-order valence-corrected chi connectivity index (χ4v) is 2.22. The first-order chi connectivity index (χ1) is 7.76. The second-order valence-electron chi connectivity index (χ2n) is 2.94. The first-order valence-corrected chi connectivity index (χ1v) is 6.98. The molecular formula is C8H8AlIN5O. The Kier molecular flexibility index (Phi) is 3.65. The van der Waals surface area contributed by atoms with Crippen LogP contribution in [0.4, 0.5) is 11.5 Å². The van der Waals surface area contributed by atoms with Crippen molar-refractivity contribution in [2.45, 2.75) is 0 Å². The van der Waals surface area contributed by atoms with Crippen LogP contribution in [-0.4, -0.2) is 26.5 Å². The molecular weight excluding hydrogens is 336 g/mol. The zero-order chi connectivity index (χ0) is 11.5. The van der Waals surface area contributed by atoms with E-state index in [9.17, 15) is 0 Å². The van der Waals surface area contributed by atoms with Crippen molar-refractivity contribution >= 4 is 38.9 Å². The van der Waals surface area contributed by atoms with E-state index in [1.807, 2.05) is 0 Å². The quantitative estimate of drug-likeness (QED) is 0.237. The molecule has 2 aromatic rings. The Bertz CT molecular complexity index is 523. The van der Waals surface area contributed by atoms with Crippen LogP contribution in [-0.2, 0) is 0 Å². The van der Waals surface area contributed by atoms with E-state index in [1.165, 1.54) is 6.33 Å². The van der Waals surface area contributed by atoms with E-state index in [0.29, 0.717) is 17.3 Å². The number of nitrogens with one attached hydrogen (secondary N) is 1. The van der Waals surface area contributed by atoms with Crippen molar-refractivity contribution < 1.29 is 25.0 Å². The number of nitrogens with two attached hydrogens (primary N) is 2. The molecule has 1 heterocycles. The Balaban J connectivity index is 2.63. The Morgan fingerprint density at radius 1 is 1.38 bits per heavy atom. The number of benzene rings is 1. The molecule has 0 saturated carbocycles. The van der Waals surface area contributed by atoms with E-state index < -0.39 is 21.9 Å². The van der Waals surface area contributed by atoms with Gasteiger partial charge in [-0.2, -0.15) is 0 Å². The summed E-state index contributed by atoms with van der Waals surface area (Å²) in [6.45, 7) is 0. The zero-order valence-corrected chi connectivity index (χ0v) is 11.5. The number of rotatable bonds is 3. The fourth-order valence-electron chi connectivity index (χ4n) is 1.33. The van der Waals surface area contributed by atoms with Crippen LogP contribution < -0.4 is 38.9 Å². The fraction of sp³-hybridized carbons (Fsp3) is 0. The van der Waals surface area contributed by atoms with Crippen molar-refractivity contribution in [2.75, 3.05) is 10.0 Å². The van der Waals surface area contributed by atoms with Gasteiger partial charge < -0.3 is 0 Å². The predicted octanol–water partition coefficient (Wildman–Crippen LogP) is -3.04. The van der Waals surface area contributed by atoms with Crippen LogP contribution in [0.2, 0.25) is 0 Å². The van der Waals surface area contributed by atoms with Crippen LogP contribution in [0.15, 0.2) is 18.5 Å². The number of nitrogens with zero attached hydrogens (tertiary/aromatic N) is 2. The number of aromatic nitrogens is 2. The van der Waals surface area contributed by atoms with Crippen molar-refractivity contribution in [3.8, 4) is 5.75 Å². The van der Waals surface area contributed by atoms with E-state index in [-0.39, 0.29) is 0 Å². The van der Waals surface area contributed by atoms with E-state index in [2.05, 4.69) is 30.8 Å². The van der Waals surface area contributed by atoms with Crippen LogP contribution in [0.3, 0.4) is 0 Å². The summed E-state index contributed by atoms with van der Waals surface area (Å²) in [6.07, 6.45) is 1.48. The van der Waals surface area contributed by atoms with Crippen LogP contribution in [0.1, 0.15) is 0 Å². The molecule has 0 bridgehead atoms. The summed E-state index contributed by atoms with van der Waals surface area (Å²) in [7, 11) is 0. The van der Waals surface area contributed by atoms with Crippen LogP contribution in [0.5, 0.6) is 5.75 Å². The average molecular weight is 344 g/mol. The molecule has 0 amide bonds. The van der Waals surface area contributed by atoms with Gasteiger partial charge in [0.1, 0.15) is 0 Å². The molecule has 0 aliphatic heterocycles. The van der Waals surface area contributed by atoms with Crippen molar-refractivity contribution in [3.05, 3.63) is 18.5 Å². The topological polar surface area (TPSA) is 99.1 Å². The minimum atomic E-state index is -0.799. The third-order valence-electron chi connectivity index (χ3n) is 2.03. The maximum absolute atomic E-state index is 5.84. The number of nitrogen functional groups attached to an aromatic ring is 1. The molecule has 2 rings (SSSR count). The zero-order valence-electron chi connectivity index (χ0n) is 8.14. The van der Waals surface area contributed by atoms with Gasteiger partial charge >= 0.3 is 112 Å². The summed E-state index contributed by atoms with van der Waals surface area (Å²) in [5.41, 5.74) is 7.14. The molecule has 1 radical (unpaired) electrons. The Morgan fingerprint density at radius 3 is 2.88 bits per heavy atom. The molecule has 0 aliphatic rings. The van der Waals surface area contributed by atoms with Crippen molar-refractivity contribution in [3.63, 3.8) is 0 Å². The van der Waals surface area contributed by atoms with E-state index in [0.717, 1.165) is 10.9 Å². The molecule has 0 fully saturated rings. The standard InChI is InChI=1S/C8H8IN5O.Al/c10-5-1-4-6(2-7(5)15-9-12)13-3-14-8(4)11;/h1-3H,10,12H2,(H-,11,13,14);/q-2;+2. The molecule has 6 nitrogen and oxygen atoms in total. The van der Waals surface area contributed by atoms with Crippen LogP contribution in [0, 0.1) is 0 Å². The summed E-state index contributed by atoms with van der Waals surface area (Å²) in [5.74, 6) is 1.28. The Labute approximate surface area is 112 Å².